The highest BCUT2D eigenvalue weighted by Crippen LogP contribution is 2.35. The molecule has 2 aromatic carbocycles. The number of fused-ring (bicyclic) bond motifs is 2. The maximum Gasteiger partial charge on any atom is 0.349 e. The zero-order valence-electron chi connectivity index (χ0n) is 13.1. The number of benzene rings is 2. The third kappa shape index (κ3) is 2.80. The standard InChI is InChI=1S/C18H10BrN3O4/c19-10-5-6-14-9(7-10)8-12(18(25)26-14)16(23)22-21-15-11-3-1-2-4-13(11)20-17(15)24/h1-8,20,24H. The molecule has 7 nitrogen and oxygen atoms in total. The summed E-state index contributed by atoms with van der Waals surface area (Å²) in [5, 5.41) is 18.5. The van der Waals surface area contributed by atoms with Crippen LogP contribution >= 0.6 is 15.9 Å². The Kier molecular flexibility index (Phi) is 3.89. The van der Waals surface area contributed by atoms with Gasteiger partial charge in [-0.2, -0.15) is 0 Å². The second kappa shape index (κ2) is 6.23. The molecule has 0 aliphatic carbocycles. The van der Waals surface area contributed by atoms with E-state index in [2.05, 4.69) is 31.1 Å². The normalized spacial score (nSPS) is 11.6. The molecule has 0 atom stereocenters. The highest BCUT2D eigenvalue weighted by molar-refractivity contribution is 9.10. The molecule has 0 fully saturated rings. The van der Waals surface area contributed by atoms with Crippen LogP contribution in [0.15, 0.2) is 72.4 Å². The van der Waals surface area contributed by atoms with E-state index in [1.54, 1.807) is 42.5 Å². The van der Waals surface area contributed by atoms with Crippen molar-refractivity contribution in [3.05, 3.63) is 69.0 Å². The lowest BCUT2D eigenvalue weighted by molar-refractivity contribution is 0.0991. The van der Waals surface area contributed by atoms with Crippen LogP contribution in [0.3, 0.4) is 0 Å². The van der Waals surface area contributed by atoms with Gasteiger partial charge >= 0.3 is 11.5 Å². The number of azo groups is 1. The minimum absolute atomic E-state index is 0.127. The molecule has 128 valence electrons. The average molecular weight is 412 g/mol. The topological polar surface area (TPSA) is 108 Å². The van der Waals surface area contributed by atoms with Crippen molar-refractivity contribution in [1.82, 2.24) is 4.98 Å². The Labute approximate surface area is 154 Å². The van der Waals surface area contributed by atoms with E-state index in [1.165, 1.54) is 6.07 Å². The minimum atomic E-state index is -0.856. The molecule has 26 heavy (non-hydrogen) atoms. The van der Waals surface area contributed by atoms with Crippen LogP contribution in [0.1, 0.15) is 10.4 Å². The van der Waals surface area contributed by atoms with Crippen LogP contribution in [0.5, 0.6) is 5.88 Å². The van der Waals surface area contributed by atoms with Crippen molar-refractivity contribution < 1.29 is 14.3 Å². The first kappa shape index (κ1) is 16.2. The van der Waals surface area contributed by atoms with Gasteiger partial charge in [-0.3, -0.25) is 4.79 Å². The maximum atomic E-state index is 12.3. The van der Waals surface area contributed by atoms with Crippen LogP contribution in [0.2, 0.25) is 0 Å². The van der Waals surface area contributed by atoms with Gasteiger partial charge in [0.15, 0.2) is 5.69 Å². The van der Waals surface area contributed by atoms with Crippen LogP contribution < -0.4 is 5.63 Å². The van der Waals surface area contributed by atoms with E-state index in [0.717, 1.165) is 4.47 Å². The van der Waals surface area contributed by atoms with Gasteiger partial charge < -0.3 is 14.5 Å². The Hall–Kier alpha value is -3.26. The van der Waals surface area contributed by atoms with Crippen LogP contribution in [0.4, 0.5) is 5.69 Å². The largest absolute Gasteiger partial charge is 0.493 e. The smallest absolute Gasteiger partial charge is 0.349 e. The fourth-order valence-electron chi connectivity index (χ4n) is 2.61. The lowest BCUT2D eigenvalue weighted by atomic mass is 10.2. The van der Waals surface area contributed by atoms with Crippen molar-refractivity contribution in [1.29, 1.82) is 0 Å². The molecule has 8 heteroatoms. The first-order chi connectivity index (χ1) is 12.5. The number of hydrogen-bond donors (Lipinski definition) is 2. The van der Waals surface area contributed by atoms with Crippen molar-refractivity contribution in [2.75, 3.05) is 0 Å². The fraction of sp³-hybridized carbons (Fsp3) is 0. The van der Waals surface area contributed by atoms with Crippen LogP contribution in [0.25, 0.3) is 21.9 Å². The summed E-state index contributed by atoms with van der Waals surface area (Å²) in [5.74, 6) is -1.07. The quantitative estimate of drug-likeness (QED) is 0.369. The number of carbonyl (C=O) groups is 1. The minimum Gasteiger partial charge on any atom is -0.493 e. The zero-order chi connectivity index (χ0) is 18.3. The number of rotatable bonds is 2. The van der Waals surface area contributed by atoms with Gasteiger partial charge in [0.1, 0.15) is 11.1 Å². The summed E-state index contributed by atoms with van der Waals surface area (Å²) < 4.78 is 5.93. The lowest BCUT2D eigenvalue weighted by Gasteiger charge is -1.99. The Balaban J connectivity index is 1.75. The molecule has 0 saturated heterocycles. The molecule has 0 aliphatic rings. The van der Waals surface area contributed by atoms with Crippen LogP contribution in [-0.2, 0) is 0 Å². The number of aromatic amines is 1. The first-order valence-corrected chi connectivity index (χ1v) is 8.31. The molecule has 0 saturated carbocycles. The van der Waals surface area contributed by atoms with E-state index in [-0.39, 0.29) is 17.1 Å². The highest BCUT2D eigenvalue weighted by atomic mass is 79.9. The number of amides is 1. The number of H-pyrrole nitrogens is 1. The summed E-state index contributed by atoms with van der Waals surface area (Å²) in [6, 6.07) is 13.5. The number of aromatic nitrogens is 1. The van der Waals surface area contributed by atoms with Crippen molar-refractivity contribution in [2.45, 2.75) is 0 Å². The van der Waals surface area contributed by atoms with Crippen molar-refractivity contribution in [2.24, 2.45) is 10.2 Å². The molecule has 0 spiro atoms. The van der Waals surface area contributed by atoms with Gasteiger partial charge in [-0.1, -0.05) is 34.1 Å². The third-order valence-corrected chi connectivity index (χ3v) is 4.32. The summed E-state index contributed by atoms with van der Waals surface area (Å²) in [6.45, 7) is 0. The summed E-state index contributed by atoms with van der Waals surface area (Å²) in [4.78, 5) is 27.1. The van der Waals surface area contributed by atoms with Gasteiger partial charge in [0.2, 0.25) is 5.88 Å². The second-order valence-corrected chi connectivity index (χ2v) is 6.42. The molecule has 0 radical (unpaired) electrons. The van der Waals surface area contributed by atoms with Gasteiger partial charge in [-0.25, -0.2) is 4.79 Å². The summed E-state index contributed by atoms with van der Waals surface area (Å²) in [5.41, 5.74) is 0.106. The van der Waals surface area contributed by atoms with Gasteiger partial charge in [-0.15, -0.1) is 10.2 Å². The van der Waals surface area contributed by atoms with Gasteiger partial charge in [0.25, 0.3) is 0 Å². The Bertz CT molecular complexity index is 1260. The fourth-order valence-corrected chi connectivity index (χ4v) is 2.99. The van der Waals surface area contributed by atoms with Crippen LogP contribution in [0, 0.1) is 0 Å². The second-order valence-electron chi connectivity index (χ2n) is 5.50. The van der Waals surface area contributed by atoms with Gasteiger partial charge in [-0.05, 0) is 30.3 Å². The van der Waals surface area contributed by atoms with Crippen molar-refractivity contribution >= 4 is 49.4 Å². The van der Waals surface area contributed by atoms with Crippen LogP contribution in [-0.4, -0.2) is 16.0 Å². The number of para-hydroxylation sites is 1. The number of aromatic hydroxyl groups is 1. The SMILES string of the molecule is O=C(N=Nc1c(O)[nH]c2ccccc12)c1cc2cc(Br)ccc2oc1=O. The molecule has 0 unspecified atom stereocenters. The molecule has 1 amide bonds. The van der Waals surface area contributed by atoms with Crippen molar-refractivity contribution in [3.8, 4) is 5.88 Å². The molecule has 4 aromatic rings. The zero-order valence-corrected chi connectivity index (χ0v) is 14.6. The predicted octanol–water partition coefficient (Wildman–Crippen LogP) is 4.67. The summed E-state index contributed by atoms with van der Waals surface area (Å²) in [7, 11) is 0. The Morgan fingerprint density at radius 2 is 1.96 bits per heavy atom. The Morgan fingerprint density at radius 1 is 1.15 bits per heavy atom. The molecule has 2 heterocycles. The molecule has 4 rings (SSSR count). The maximum absolute atomic E-state index is 12.3. The lowest BCUT2D eigenvalue weighted by Crippen LogP contribution is -2.11. The number of nitrogens with zero attached hydrogens (tertiary/aromatic N) is 2. The molecule has 0 bridgehead atoms. The molecule has 0 aliphatic heterocycles. The van der Waals surface area contributed by atoms with E-state index < -0.39 is 11.5 Å². The first-order valence-electron chi connectivity index (χ1n) is 7.52. The number of hydrogen-bond acceptors (Lipinski definition) is 5. The summed E-state index contributed by atoms with van der Waals surface area (Å²) >= 11 is 3.32. The average Bonchev–Trinajstić information content (AvgIpc) is 2.94. The van der Waals surface area contributed by atoms with Gasteiger partial charge in [0, 0.05) is 15.2 Å². The predicted molar refractivity (Wildman–Crippen MR) is 99.0 cm³/mol. The number of halogens is 1. The Morgan fingerprint density at radius 3 is 2.81 bits per heavy atom. The monoisotopic (exact) mass is 411 g/mol. The molecule has 2 aromatic heterocycles. The number of nitrogens with one attached hydrogen (secondary N) is 1. The van der Waals surface area contributed by atoms with E-state index >= 15 is 0 Å². The number of carbonyl (C=O) groups excluding carboxylic acids is 1. The van der Waals surface area contributed by atoms with Crippen molar-refractivity contribution in [3.63, 3.8) is 0 Å². The van der Waals surface area contributed by atoms with E-state index in [0.29, 0.717) is 21.9 Å². The molecular weight excluding hydrogens is 402 g/mol. The van der Waals surface area contributed by atoms with Gasteiger partial charge in [0.05, 0.1) is 5.52 Å². The third-order valence-electron chi connectivity index (χ3n) is 3.83. The van der Waals surface area contributed by atoms with E-state index in [4.69, 9.17) is 4.42 Å². The van der Waals surface area contributed by atoms with E-state index in [1.807, 2.05) is 0 Å². The molecule has 2 N–H and O–H groups in total. The molecular formula is C18H10BrN3O4. The highest BCUT2D eigenvalue weighted by Gasteiger charge is 2.15. The van der Waals surface area contributed by atoms with E-state index in [9.17, 15) is 14.7 Å². The summed E-state index contributed by atoms with van der Waals surface area (Å²) in [6.07, 6.45) is 0.